The van der Waals surface area contributed by atoms with Crippen molar-refractivity contribution in [3.63, 3.8) is 0 Å². The van der Waals surface area contributed by atoms with E-state index in [0.29, 0.717) is 17.9 Å². The van der Waals surface area contributed by atoms with Crippen molar-refractivity contribution in [3.05, 3.63) is 53.6 Å². The number of esters is 1. The maximum Gasteiger partial charge on any atom is 0.387 e. The van der Waals surface area contributed by atoms with Crippen LogP contribution in [0.2, 0.25) is 0 Å². The Balaban J connectivity index is 2.09. The topological polar surface area (TPSA) is 73.9 Å². The lowest BCUT2D eigenvalue weighted by atomic mass is 10.1. The van der Waals surface area contributed by atoms with Crippen LogP contribution < -0.4 is 14.8 Å². The molecule has 1 amide bonds. The van der Waals surface area contributed by atoms with Crippen molar-refractivity contribution < 1.29 is 32.6 Å². The third-order valence-corrected chi connectivity index (χ3v) is 3.54. The van der Waals surface area contributed by atoms with Crippen LogP contribution in [0.4, 0.5) is 14.5 Å². The van der Waals surface area contributed by atoms with Crippen LogP contribution in [0.25, 0.3) is 0 Å². The first-order chi connectivity index (χ1) is 13.4. The molecule has 2 rings (SSSR count). The van der Waals surface area contributed by atoms with Crippen LogP contribution in [-0.4, -0.2) is 31.7 Å². The molecule has 0 radical (unpaired) electrons. The summed E-state index contributed by atoms with van der Waals surface area (Å²) in [6.07, 6.45) is 0.727. The molecular weight excluding hydrogens is 372 g/mol. The molecule has 0 heterocycles. The van der Waals surface area contributed by atoms with Gasteiger partial charge in [-0.25, -0.2) is 4.79 Å². The number of carbonyl (C=O) groups is 2. The van der Waals surface area contributed by atoms with E-state index in [2.05, 4.69) is 10.1 Å². The Morgan fingerprint density at radius 2 is 1.68 bits per heavy atom. The second-order valence-electron chi connectivity index (χ2n) is 5.64. The summed E-state index contributed by atoms with van der Waals surface area (Å²) >= 11 is 0. The van der Waals surface area contributed by atoms with E-state index in [9.17, 15) is 18.4 Å². The Kier molecular flexibility index (Phi) is 7.74. The first-order valence-electron chi connectivity index (χ1n) is 8.74. The van der Waals surface area contributed by atoms with Crippen LogP contribution in [-0.2, 0) is 4.74 Å². The molecule has 0 atom stereocenters. The van der Waals surface area contributed by atoms with Crippen LogP contribution in [0.15, 0.2) is 42.5 Å². The van der Waals surface area contributed by atoms with E-state index < -0.39 is 18.5 Å². The predicted octanol–water partition coefficient (Wildman–Crippen LogP) is 4.51. The van der Waals surface area contributed by atoms with E-state index in [0.717, 1.165) is 6.42 Å². The first-order valence-corrected chi connectivity index (χ1v) is 8.74. The molecule has 28 heavy (non-hydrogen) atoms. The number of benzene rings is 2. The quantitative estimate of drug-likeness (QED) is 0.635. The molecule has 0 aliphatic rings. The highest BCUT2D eigenvalue weighted by molar-refractivity contribution is 6.04. The molecule has 150 valence electrons. The molecule has 0 aliphatic carbocycles. The monoisotopic (exact) mass is 393 g/mol. The van der Waals surface area contributed by atoms with Crippen LogP contribution >= 0.6 is 0 Å². The van der Waals surface area contributed by atoms with E-state index in [4.69, 9.17) is 9.47 Å². The van der Waals surface area contributed by atoms with Gasteiger partial charge in [0.05, 0.1) is 18.8 Å². The van der Waals surface area contributed by atoms with E-state index in [1.54, 1.807) is 31.2 Å². The normalized spacial score (nSPS) is 10.5. The molecule has 0 fully saturated rings. The number of hydrogen-bond donors (Lipinski definition) is 1. The fourth-order valence-electron chi connectivity index (χ4n) is 2.28. The van der Waals surface area contributed by atoms with Crippen LogP contribution in [0.1, 0.15) is 41.0 Å². The standard InChI is InChI=1S/C20H21F2NO5/c1-3-11-27-19(25)13-5-8-15(9-6-13)23-18(24)14-7-10-16(28-20(21)22)17(12-14)26-4-2/h5-10,12,20H,3-4,11H2,1-2H3,(H,23,24). The Morgan fingerprint density at radius 3 is 2.29 bits per heavy atom. The molecule has 0 spiro atoms. The van der Waals surface area contributed by atoms with Crippen molar-refractivity contribution in [2.75, 3.05) is 18.5 Å². The first kappa shape index (κ1) is 21.1. The van der Waals surface area contributed by atoms with Crippen molar-refractivity contribution in [1.82, 2.24) is 0 Å². The van der Waals surface area contributed by atoms with Gasteiger partial charge < -0.3 is 19.5 Å². The van der Waals surface area contributed by atoms with Gasteiger partial charge in [0.2, 0.25) is 0 Å². The number of ether oxygens (including phenoxy) is 3. The van der Waals surface area contributed by atoms with Crippen molar-refractivity contribution in [2.24, 2.45) is 0 Å². The Labute approximate surface area is 161 Å². The van der Waals surface area contributed by atoms with Gasteiger partial charge in [-0.3, -0.25) is 4.79 Å². The molecular formula is C20H21F2NO5. The van der Waals surface area contributed by atoms with Crippen LogP contribution in [0.3, 0.4) is 0 Å². The number of nitrogens with one attached hydrogen (secondary N) is 1. The minimum Gasteiger partial charge on any atom is -0.490 e. The minimum atomic E-state index is -3.00. The zero-order valence-corrected chi connectivity index (χ0v) is 15.5. The zero-order valence-electron chi connectivity index (χ0n) is 15.5. The van der Waals surface area contributed by atoms with Gasteiger partial charge >= 0.3 is 12.6 Å². The summed E-state index contributed by atoms with van der Waals surface area (Å²) in [5.41, 5.74) is 1.04. The largest absolute Gasteiger partial charge is 0.490 e. The number of alkyl halides is 2. The average Bonchev–Trinajstić information content (AvgIpc) is 2.67. The fourth-order valence-corrected chi connectivity index (χ4v) is 2.28. The number of amides is 1. The van der Waals surface area contributed by atoms with E-state index in [1.807, 2.05) is 6.92 Å². The van der Waals surface area contributed by atoms with Gasteiger partial charge in [-0.15, -0.1) is 0 Å². The van der Waals surface area contributed by atoms with Gasteiger partial charge in [0.1, 0.15) is 0 Å². The maximum atomic E-state index is 12.5. The predicted molar refractivity (Wildman–Crippen MR) is 99.2 cm³/mol. The summed E-state index contributed by atoms with van der Waals surface area (Å²) < 4.78 is 39.6. The Bertz CT molecular complexity index is 809. The van der Waals surface area contributed by atoms with Crippen molar-refractivity contribution in [2.45, 2.75) is 26.9 Å². The SMILES string of the molecule is CCCOC(=O)c1ccc(NC(=O)c2ccc(OC(F)F)c(OCC)c2)cc1. The summed E-state index contributed by atoms with van der Waals surface area (Å²) in [7, 11) is 0. The number of anilines is 1. The van der Waals surface area contributed by atoms with Crippen LogP contribution in [0.5, 0.6) is 11.5 Å². The molecule has 2 aromatic carbocycles. The highest BCUT2D eigenvalue weighted by Gasteiger charge is 2.15. The molecule has 0 saturated carbocycles. The molecule has 0 aromatic heterocycles. The Morgan fingerprint density at radius 1 is 1.00 bits per heavy atom. The van der Waals surface area contributed by atoms with Gasteiger partial charge in [-0.1, -0.05) is 6.92 Å². The highest BCUT2D eigenvalue weighted by Crippen LogP contribution is 2.30. The van der Waals surface area contributed by atoms with Crippen molar-refractivity contribution in [1.29, 1.82) is 0 Å². The average molecular weight is 393 g/mol. The summed E-state index contributed by atoms with van der Waals surface area (Å²) in [6, 6.07) is 10.1. The van der Waals surface area contributed by atoms with Crippen LogP contribution in [0, 0.1) is 0 Å². The molecule has 0 unspecified atom stereocenters. The molecule has 0 aliphatic heterocycles. The molecule has 8 heteroatoms. The molecule has 6 nitrogen and oxygen atoms in total. The van der Waals surface area contributed by atoms with Crippen molar-refractivity contribution >= 4 is 17.6 Å². The molecule has 1 N–H and O–H groups in total. The van der Waals surface area contributed by atoms with Gasteiger partial charge in [0.25, 0.3) is 5.91 Å². The zero-order chi connectivity index (χ0) is 20.5. The maximum absolute atomic E-state index is 12.5. The number of carbonyl (C=O) groups excluding carboxylic acids is 2. The fraction of sp³-hybridized carbons (Fsp3) is 0.300. The lowest BCUT2D eigenvalue weighted by Crippen LogP contribution is -2.13. The molecule has 0 bridgehead atoms. The van der Waals surface area contributed by atoms with E-state index in [1.165, 1.54) is 18.2 Å². The summed E-state index contributed by atoms with van der Waals surface area (Å²) in [6.45, 7) is 1.15. The number of halogens is 2. The second kappa shape index (κ2) is 10.2. The van der Waals surface area contributed by atoms with Gasteiger partial charge in [-0.05, 0) is 55.8 Å². The molecule has 2 aromatic rings. The Hall–Kier alpha value is -3.16. The second-order valence-corrected chi connectivity index (χ2v) is 5.64. The summed E-state index contributed by atoms with van der Waals surface area (Å²) in [5, 5.41) is 2.66. The van der Waals surface area contributed by atoms with E-state index in [-0.39, 0.29) is 23.7 Å². The highest BCUT2D eigenvalue weighted by atomic mass is 19.3. The number of rotatable bonds is 9. The molecule has 0 saturated heterocycles. The van der Waals surface area contributed by atoms with Gasteiger partial charge in [0.15, 0.2) is 11.5 Å². The lowest BCUT2D eigenvalue weighted by Gasteiger charge is -2.13. The van der Waals surface area contributed by atoms with E-state index >= 15 is 0 Å². The van der Waals surface area contributed by atoms with Gasteiger partial charge in [-0.2, -0.15) is 8.78 Å². The number of hydrogen-bond acceptors (Lipinski definition) is 5. The lowest BCUT2D eigenvalue weighted by molar-refractivity contribution is -0.0514. The minimum absolute atomic E-state index is 0.0458. The summed E-state index contributed by atoms with van der Waals surface area (Å²) in [4.78, 5) is 24.2. The smallest absolute Gasteiger partial charge is 0.387 e. The summed E-state index contributed by atoms with van der Waals surface area (Å²) in [5.74, 6) is -1.01. The van der Waals surface area contributed by atoms with Crippen molar-refractivity contribution in [3.8, 4) is 11.5 Å². The third-order valence-electron chi connectivity index (χ3n) is 3.54. The third kappa shape index (κ3) is 5.94. The van der Waals surface area contributed by atoms with Gasteiger partial charge in [0, 0.05) is 11.3 Å².